The van der Waals surface area contributed by atoms with E-state index in [1.165, 1.54) is 18.2 Å². The zero-order valence-corrected chi connectivity index (χ0v) is 10.7. The fraction of sp³-hybridized carbons (Fsp3) is 0.273. The Morgan fingerprint density at radius 3 is 2.74 bits per heavy atom. The van der Waals surface area contributed by atoms with Crippen molar-refractivity contribution >= 4 is 27.5 Å². The highest BCUT2D eigenvalue weighted by Crippen LogP contribution is 2.15. The number of hydrogen-bond acceptors (Lipinski definition) is 4. The van der Waals surface area contributed by atoms with Crippen molar-refractivity contribution in [1.82, 2.24) is 5.32 Å². The third-order valence-electron chi connectivity index (χ3n) is 2.74. The van der Waals surface area contributed by atoms with Crippen LogP contribution in [0.15, 0.2) is 29.2 Å². The number of benzene rings is 1. The van der Waals surface area contributed by atoms with Gasteiger partial charge in [0.25, 0.3) is 0 Å². The minimum Gasteiger partial charge on any atom is -0.344 e. The molecule has 0 aromatic heterocycles. The maximum absolute atomic E-state index is 11.8. The molecule has 2 rings (SSSR count). The predicted molar refractivity (Wildman–Crippen MR) is 67.6 cm³/mol. The van der Waals surface area contributed by atoms with E-state index in [1.807, 2.05) is 0 Å². The van der Waals surface area contributed by atoms with Gasteiger partial charge in [0.1, 0.15) is 6.04 Å². The molecular formula is C11H13N3O4S. The fourth-order valence-corrected chi connectivity index (χ4v) is 2.35. The predicted octanol–water partition coefficient (Wildman–Crippen LogP) is -0.449. The summed E-state index contributed by atoms with van der Waals surface area (Å²) in [5.74, 6) is -0.546. The lowest BCUT2D eigenvalue weighted by atomic mass is 10.2. The van der Waals surface area contributed by atoms with Crippen molar-refractivity contribution in [1.29, 1.82) is 0 Å². The first-order valence-corrected chi connectivity index (χ1v) is 7.14. The zero-order valence-electron chi connectivity index (χ0n) is 9.92. The fourth-order valence-electron chi connectivity index (χ4n) is 1.79. The van der Waals surface area contributed by atoms with Gasteiger partial charge in [0.15, 0.2) is 0 Å². The number of carbonyl (C=O) groups is 2. The summed E-state index contributed by atoms with van der Waals surface area (Å²) in [6.45, 7) is 0. The third-order valence-corrected chi connectivity index (χ3v) is 3.65. The lowest BCUT2D eigenvalue weighted by Crippen LogP contribution is -2.37. The first kappa shape index (κ1) is 13.5. The molecule has 0 saturated carbocycles. The van der Waals surface area contributed by atoms with Crippen LogP contribution in [0.4, 0.5) is 5.69 Å². The molecular weight excluding hydrogens is 270 g/mol. The Balaban J connectivity index is 2.11. The molecule has 2 amide bonds. The summed E-state index contributed by atoms with van der Waals surface area (Å²) in [6, 6.07) is 5.05. The van der Waals surface area contributed by atoms with Crippen LogP contribution in [0, 0.1) is 0 Å². The van der Waals surface area contributed by atoms with Gasteiger partial charge in [0.2, 0.25) is 21.8 Å². The van der Waals surface area contributed by atoms with Crippen LogP contribution in [0.3, 0.4) is 0 Å². The van der Waals surface area contributed by atoms with Crippen LogP contribution in [0.5, 0.6) is 0 Å². The summed E-state index contributed by atoms with van der Waals surface area (Å²) in [5.41, 5.74) is 0.317. The Labute approximate surface area is 110 Å². The van der Waals surface area contributed by atoms with E-state index < -0.39 is 16.1 Å². The number of primary sulfonamides is 1. The maximum Gasteiger partial charge on any atom is 0.246 e. The summed E-state index contributed by atoms with van der Waals surface area (Å²) in [5, 5.41) is 10.1. The van der Waals surface area contributed by atoms with Crippen LogP contribution < -0.4 is 15.8 Å². The number of rotatable bonds is 3. The van der Waals surface area contributed by atoms with Crippen molar-refractivity contribution < 1.29 is 18.0 Å². The molecule has 8 heteroatoms. The number of sulfonamides is 1. The Morgan fingerprint density at radius 1 is 1.42 bits per heavy atom. The molecule has 102 valence electrons. The lowest BCUT2D eigenvalue weighted by molar-refractivity contribution is -0.122. The van der Waals surface area contributed by atoms with Crippen molar-refractivity contribution in [3.63, 3.8) is 0 Å². The molecule has 1 aromatic rings. The minimum atomic E-state index is -3.81. The molecule has 1 atom stereocenters. The van der Waals surface area contributed by atoms with E-state index in [4.69, 9.17) is 5.14 Å². The third kappa shape index (κ3) is 3.30. The molecule has 1 heterocycles. The van der Waals surface area contributed by atoms with Gasteiger partial charge >= 0.3 is 0 Å². The summed E-state index contributed by atoms with van der Waals surface area (Å²) in [7, 11) is -3.81. The van der Waals surface area contributed by atoms with Crippen LogP contribution in [0.2, 0.25) is 0 Å². The zero-order chi connectivity index (χ0) is 14.0. The van der Waals surface area contributed by atoms with Crippen LogP contribution in [-0.2, 0) is 19.6 Å². The average molecular weight is 283 g/mol. The van der Waals surface area contributed by atoms with Gasteiger partial charge in [-0.1, -0.05) is 6.07 Å². The second kappa shape index (κ2) is 4.98. The normalized spacial score (nSPS) is 19.0. The van der Waals surface area contributed by atoms with E-state index in [0.29, 0.717) is 18.5 Å². The molecule has 1 aliphatic heterocycles. The van der Waals surface area contributed by atoms with Crippen molar-refractivity contribution in [2.45, 2.75) is 23.8 Å². The number of anilines is 1. The number of nitrogens with two attached hydrogens (primary N) is 1. The van der Waals surface area contributed by atoms with Gasteiger partial charge in [0.05, 0.1) is 4.90 Å². The largest absolute Gasteiger partial charge is 0.344 e. The molecule has 4 N–H and O–H groups in total. The van der Waals surface area contributed by atoms with Gasteiger partial charge in [-0.15, -0.1) is 0 Å². The van der Waals surface area contributed by atoms with E-state index in [2.05, 4.69) is 10.6 Å². The summed E-state index contributed by atoms with van der Waals surface area (Å²) >= 11 is 0. The van der Waals surface area contributed by atoms with E-state index in [0.717, 1.165) is 0 Å². The van der Waals surface area contributed by atoms with E-state index in [-0.39, 0.29) is 16.7 Å². The molecule has 1 aliphatic rings. The highest BCUT2D eigenvalue weighted by molar-refractivity contribution is 7.89. The SMILES string of the molecule is NS(=O)(=O)c1cccc(NC(=O)C2CCC(=O)N2)c1. The highest BCUT2D eigenvalue weighted by Gasteiger charge is 2.27. The first-order valence-electron chi connectivity index (χ1n) is 5.59. The van der Waals surface area contributed by atoms with Crippen molar-refractivity contribution in [3.8, 4) is 0 Å². The molecule has 1 unspecified atom stereocenters. The van der Waals surface area contributed by atoms with E-state index in [1.54, 1.807) is 6.07 Å². The summed E-state index contributed by atoms with van der Waals surface area (Å²) in [4.78, 5) is 22.7. The van der Waals surface area contributed by atoms with Gasteiger partial charge in [-0.25, -0.2) is 13.6 Å². The second-order valence-corrected chi connectivity index (χ2v) is 5.78. The lowest BCUT2D eigenvalue weighted by Gasteiger charge is -2.11. The van der Waals surface area contributed by atoms with Gasteiger partial charge in [-0.2, -0.15) is 0 Å². The van der Waals surface area contributed by atoms with Gasteiger partial charge in [0, 0.05) is 12.1 Å². The van der Waals surface area contributed by atoms with Gasteiger partial charge < -0.3 is 10.6 Å². The molecule has 7 nitrogen and oxygen atoms in total. The monoisotopic (exact) mass is 283 g/mol. The van der Waals surface area contributed by atoms with Gasteiger partial charge in [-0.05, 0) is 24.6 Å². The summed E-state index contributed by atoms with van der Waals surface area (Å²) in [6.07, 6.45) is 0.745. The quantitative estimate of drug-likeness (QED) is 0.696. The van der Waals surface area contributed by atoms with Crippen molar-refractivity contribution in [2.24, 2.45) is 5.14 Å². The number of nitrogens with one attached hydrogen (secondary N) is 2. The molecule has 0 spiro atoms. The number of carbonyl (C=O) groups excluding carboxylic acids is 2. The van der Waals surface area contributed by atoms with Crippen LogP contribution in [0.1, 0.15) is 12.8 Å². The molecule has 19 heavy (non-hydrogen) atoms. The van der Waals surface area contributed by atoms with Crippen LogP contribution in [0.25, 0.3) is 0 Å². The summed E-state index contributed by atoms with van der Waals surface area (Å²) < 4.78 is 22.4. The molecule has 1 aromatic carbocycles. The second-order valence-electron chi connectivity index (χ2n) is 4.22. The number of hydrogen-bond donors (Lipinski definition) is 3. The Kier molecular flexibility index (Phi) is 3.54. The Morgan fingerprint density at radius 2 is 2.16 bits per heavy atom. The molecule has 0 radical (unpaired) electrons. The van der Waals surface area contributed by atoms with Crippen LogP contribution >= 0.6 is 0 Å². The molecule has 0 aliphatic carbocycles. The highest BCUT2D eigenvalue weighted by atomic mass is 32.2. The van der Waals surface area contributed by atoms with Crippen LogP contribution in [-0.4, -0.2) is 26.3 Å². The van der Waals surface area contributed by atoms with Crippen molar-refractivity contribution in [2.75, 3.05) is 5.32 Å². The van der Waals surface area contributed by atoms with Crippen molar-refractivity contribution in [3.05, 3.63) is 24.3 Å². The molecule has 1 saturated heterocycles. The first-order chi connectivity index (χ1) is 8.86. The van der Waals surface area contributed by atoms with Gasteiger partial charge in [-0.3, -0.25) is 9.59 Å². The van der Waals surface area contributed by atoms with E-state index >= 15 is 0 Å². The Hall–Kier alpha value is -1.93. The number of amides is 2. The maximum atomic E-state index is 11.8. The Bertz CT molecular complexity index is 627. The average Bonchev–Trinajstić information content (AvgIpc) is 2.75. The minimum absolute atomic E-state index is 0.0826. The molecule has 0 bridgehead atoms. The molecule has 1 fully saturated rings. The van der Waals surface area contributed by atoms with E-state index in [9.17, 15) is 18.0 Å². The standard InChI is InChI=1S/C11H13N3O4S/c12-19(17,18)8-3-1-2-7(6-8)13-11(16)9-4-5-10(15)14-9/h1-3,6,9H,4-5H2,(H,13,16)(H,14,15)(H2,12,17,18). The smallest absolute Gasteiger partial charge is 0.246 e. The topological polar surface area (TPSA) is 118 Å².